The van der Waals surface area contributed by atoms with Crippen LogP contribution in [0.3, 0.4) is 0 Å². The first-order valence-corrected chi connectivity index (χ1v) is 8.30. The first-order chi connectivity index (χ1) is 10.9. The van der Waals surface area contributed by atoms with Gasteiger partial charge in [-0.05, 0) is 33.3 Å². The lowest BCUT2D eigenvalue weighted by atomic mass is 10.2. The number of aryl methyl sites for hydroxylation is 2. The van der Waals surface area contributed by atoms with Gasteiger partial charge in [0.2, 0.25) is 0 Å². The fourth-order valence-electron chi connectivity index (χ4n) is 2.08. The van der Waals surface area contributed by atoms with Crippen molar-refractivity contribution in [2.75, 3.05) is 5.32 Å². The molecule has 0 radical (unpaired) electrons. The van der Waals surface area contributed by atoms with Gasteiger partial charge in [-0.2, -0.15) is 0 Å². The van der Waals surface area contributed by atoms with Crippen LogP contribution in [0.2, 0.25) is 0 Å². The average Bonchev–Trinajstić information content (AvgIpc) is 2.82. The number of thiazole rings is 1. The van der Waals surface area contributed by atoms with Gasteiger partial charge in [-0.25, -0.2) is 4.98 Å². The summed E-state index contributed by atoms with van der Waals surface area (Å²) in [4.78, 5) is 31.5. The van der Waals surface area contributed by atoms with Crippen molar-refractivity contribution >= 4 is 28.3 Å². The van der Waals surface area contributed by atoms with Crippen LogP contribution in [-0.4, -0.2) is 27.7 Å². The van der Waals surface area contributed by atoms with E-state index in [1.54, 1.807) is 4.90 Å². The molecule has 2 amide bonds. The molecule has 0 aliphatic carbocycles. The molecule has 0 saturated heterocycles. The summed E-state index contributed by atoms with van der Waals surface area (Å²) in [7, 11) is 0. The minimum Gasteiger partial charge on any atom is -0.328 e. The van der Waals surface area contributed by atoms with Gasteiger partial charge in [0.05, 0.1) is 5.69 Å². The second-order valence-corrected chi connectivity index (χ2v) is 6.83. The van der Waals surface area contributed by atoms with Gasteiger partial charge < -0.3 is 4.90 Å². The standard InChI is InChI=1S/C17H21N3O2S/c1-11(2)20(10-14-8-6-5-7-9-14)16(22)15(21)19-17-18-12(3)13(4)23-17/h5-9,11H,10H2,1-4H3,(H,18,19,21). The van der Waals surface area contributed by atoms with Crippen molar-refractivity contribution < 1.29 is 9.59 Å². The summed E-state index contributed by atoms with van der Waals surface area (Å²) in [6, 6.07) is 9.56. The molecule has 0 aliphatic rings. The second kappa shape index (κ2) is 7.37. The molecule has 0 fully saturated rings. The SMILES string of the molecule is Cc1nc(NC(=O)C(=O)N(Cc2ccccc2)C(C)C)sc1C. The number of aromatic nitrogens is 1. The molecule has 0 aliphatic heterocycles. The van der Waals surface area contributed by atoms with Gasteiger partial charge in [0, 0.05) is 17.5 Å². The highest BCUT2D eigenvalue weighted by atomic mass is 32.1. The Morgan fingerprint density at radius 3 is 2.39 bits per heavy atom. The average molecular weight is 331 g/mol. The van der Waals surface area contributed by atoms with Crippen molar-refractivity contribution in [2.24, 2.45) is 0 Å². The van der Waals surface area contributed by atoms with Gasteiger partial charge in [-0.1, -0.05) is 30.3 Å². The number of rotatable bonds is 4. The van der Waals surface area contributed by atoms with Crippen molar-refractivity contribution in [3.8, 4) is 0 Å². The third-order valence-electron chi connectivity index (χ3n) is 3.52. The van der Waals surface area contributed by atoms with E-state index < -0.39 is 11.8 Å². The number of nitrogens with one attached hydrogen (secondary N) is 1. The largest absolute Gasteiger partial charge is 0.328 e. The van der Waals surface area contributed by atoms with E-state index >= 15 is 0 Å². The Balaban J connectivity index is 2.09. The normalized spacial score (nSPS) is 10.7. The van der Waals surface area contributed by atoms with Gasteiger partial charge in [0.15, 0.2) is 5.13 Å². The molecule has 0 saturated carbocycles. The summed E-state index contributed by atoms with van der Waals surface area (Å²) >= 11 is 1.37. The molecule has 1 aromatic carbocycles. The Kier molecular flexibility index (Phi) is 5.50. The molecule has 0 unspecified atom stereocenters. The molecular formula is C17H21N3O2S. The molecule has 0 bridgehead atoms. The smallest absolute Gasteiger partial charge is 0.315 e. The van der Waals surface area contributed by atoms with Gasteiger partial charge in [0.1, 0.15) is 0 Å². The number of carbonyl (C=O) groups excluding carboxylic acids is 2. The molecule has 1 aromatic heterocycles. The number of amides is 2. The number of carbonyl (C=O) groups is 2. The predicted octanol–water partition coefficient (Wildman–Crippen LogP) is 3.14. The molecule has 122 valence electrons. The maximum atomic E-state index is 12.5. The third-order valence-corrected chi connectivity index (χ3v) is 4.51. The van der Waals surface area contributed by atoms with Gasteiger partial charge >= 0.3 is 11.8 Å². The van der Waals surface area contributed by atoms with Gasteiger partial charge in [0.25, 0.3) is 0 Å². The van der Waals surface area contributed by atoms with Crippen molar-refractivity contribution in [1.29, 1.82) is 0 Å². The van der Waals surface area contributed by atoms with Crippen LogP contribution in [-0.2, 0) is 16.1 Å². The van der Waals surface area contributed by atoms with Gasteiger partial charge in [-0.3, -0.25) is 14.9 Å². The van der Waals surface area contributed by atoms with Crippen LogP contribution in [0, 0.1) is 13.8 Å². The van der Waals surface area contributed by atoms with Crippen LogP contribution >= 0.6 is 11.3 Å². The quantitative estimate of drug-likeness (QED) is 0.876. The number of hydrogen-bond acceptors (Lipinski definition) is 4. The minimum atomic E-state index is -0.650. The lowest BCUT2D eigenvalue weighted by molar-refractivity contribution is -0.144. The zero-order chi connectivity index (χ0) is 17.0. The minimum absolute atomic E-state index is 0.0757. The molecular weight excluding hydrogens is 310 g/mol. The molecule has 1 N–H and O–H groups in total. The van der Waals surface area contributed by atoms with E-state index in [0.717, 1.165) is 16.1 Å². The lowest BCUT2D eigenvalue weighted by Gasteiger charge is -2.26. The number of benzene rings is 1. The Labute approximate surface area is 140 Å². The maximum Gasteiger partial charge on any atom is 0.315 e. The van der Waals surface area contributed by atoms with E-state index in [9.17, 15) is 9.59 Å². The Morgan fingerprint density at radius 2 is 1.87 bits per heavy atom. The first-order valence-electron chi connectivity index (χ1n) is 7.48. The molecule has 2 aromatic rings. The number of hydrogen-bond donors (Lipinski definition) is 1. The summed E-state index contributed by atoms with van der Waals surface area (Å²) in [5.41, 5.74) is 1.85. The zero-order valence-electron chi connectivity index (χ0n) is 13.8. The predicted molar refractivity (Wildman–Crippen MR) is 92.3 cm³/mol. The number of nitrogens with zero attached hydrogens (tertiary/aromatic N) is 2. The Morgan fingerprint density at radius 1 is 1.22 bits per heavy atom. The lowest BCUT2D eigenvalue weighted by Crippen LogP contribution is -2.43. The van der Waals surface area contributed by atoms with E-state index in [2.05, 4.69) is 10.3 Å². The zero-order valence-corrected chi connectivity index (χ0v) is 14.6. The van der Waals surface area contributed by atoms with Crippen LogP contribution < -0.4 is 5.32 Å². The second-order valence-electron chi connectivity index (χ2n) is 5.63. The summed E-state index contributed by atoms with van der Waals surface area (Å²) in [5, 5.41) is 3.06. The monoisotopic (exact) mass is 331 g/mol. The number of anilines is 1. The molecule has 2 rings (SSSR count). The topological polar surface area (TPSA) is 62.3 Å². The van der Waals surface area contributed by atoms with Crippen molar-refractivity contribution in [3.63, 3.8) is 0 Å². The van der Waals surface area contributed by atoms with E-state index in [0.29, 0.717) is 11.7 Å². The van der Waals surface area contributed by atoms with E-state index in [-0.39, 0.29) is 6.04 Å². The van der Waals surface area contributed by atoms with Crippen LogP contribution in [0.25, 0.3) is 0 Å². The first kappa shape index (κ1) is 17.1. The van der Waals surface area contributed by atoms with E-state index in [1.165, 1.54) is 11.3 Å². The molecule has 1 heterocycles. The van der Waals surface area contributed by atoms with Crippen LogP contribution in [0.15, 0.2) is 30.3 Å². The summed E-state index contributed by atoms with van der Waals surface area (Å²) in [6.07, 6.45) is 0. The Hall–Kier alpha value is -2.21. The fourth-order valence-corrected chi connectivity index (χ4v) is 2.89. The maximum absolute atomic E-state index is 12.5. The highest BCUT2D eigenvalue weighted by molar-refractivity contribution is 7.15. The third kappa shape index (κ3) is 4.39. The van der Waals surface area contributed by atoms with Crippen LogP contribution in [0.5, 0.6) is 0 Å². The van der Waals surface area contributed by atoms with Crippen molar-refractivity contribution in [2.45, 2.75) is 40.3 Å². The van der Waals surface area contributed by atoms with Crippen molar-refractivity contribution in [3.05, 3.63) is 46.5 Å². The molecule has 5 nitrogen and oxygen atoms in total. The molecule has 23 heavy (non-hydrogen) atoms. The van der Waals surface area contributed by atoms with Crippen molar-refractivity contribution in [1.82, 2.24) is 9.88 Å². The van der Waals surface area contributed by atoms with E-state index in [1.807, 2.05) is 58.0 Å². The summed E-state index contributed by atoms with van der Waals surface area (Å²) in [5.74, 6) is -1.20. The van der Waals surface area contributed by atoms with Crippen LogP contribution in [0.4, 0.5) is 5.13 Å². The molecule has 0 spiro atoms. The van der Waals surface area contributed by atoms with E-state index in [4.69, 9.17) is 0 Å². The fraction of sp³-hybridized carbons (Fsp3) is 0.353. The molecule has 6 heteroatoms. The summed E-state index contributed by atoms with van der Waals surface area (Å²) in [6.45, 7) is 8.00. The van der Waals surface area contributed by atoms with Crippen LogP contribution in [0.1, 0.15) is 30.0 Å². The highest BCUT2D eigenvalue weighted by Crippen LogP contribution is 2.21. The highest BCUT2D eigenvalue weighted by Gasteiger charge is 2.25. The molecule has 0 atom stereocenters. The van der Waals surface area contributed by atoms with Gasteiger partial charge in [-0.15, -0.1) is 11.3 Å². The Bertz CT molecular complexity index is 676. The summed E-state index contributed by atoms with van der Waals surface area (Å²) < 4.78 is 0.